The molecule has 20 heavy (non-hydrogen) atoms. The van der Waals surface area contributed by atoms with Crippen molar-refractivity contribution in [2.75, 3.05) is 27.3 Å². The lowest BCUT2D eigenvalue weighted by Gasteiger charge is -2.16. The molecule has 2 aromatic rings. The molecule has 1 saturated heterocycles. The van der Waals surface area contributed by atoms with E-state index in [1.165, 1.54) is 5.69 Å². The third kappa shape index (κ3) is 2.25. The van der Waals surface area contributed by atoms with Gasteiger partial charge in [-0.05, 0) is 25.1 Å². The summed E-state index contributed by atoms with van der Waals surface area (Å²) in [5.41, 5.74) is 2.21. The molecule has 1 aromatic carbocycles. The number of methoxy groups -OCH3 is 2. The molecule has 0 bridgehead atoms. The van der Waals surface area contributed by atoms with E-state index >= 15 is 0 Å². The number of rotatable bonds is 4. The lowest BCUT2D eigenvalue weighted by atomic mass is 10.1. The van der Waals surface area contributed by atoms with Crippen LogP contribution < -0.4 is 14.8 Å². The summed E-state index contributed by atoms with van der Waals surface area (Å²) in [5.74, 6) is 2.08. The first kappa shape index (κ1) is 13.0. The van der Waals surface area contributed by atoms with E-state index in [-0.39, 0.29) is 0 Å². The van der Waals surface area contributed by atoms with Crippen LogP contribution in [-0.4, -0.2) is 36.9 Å². The number of imidazole rings is 1. The molecule has 1 atom stereocenters. The van der Waals surface area contributed by atoms with Crippen LogP contribution in [0.25, 0.3) is 5.69 Å². The zero-order chi connectivity index (χ0) is 13.9. The molecular weight excluding hydrogens is 254 g/mol. The molecule has 1 aromatic heterocycles. The second-order valence-electron chi connectivity index (χ2n) is 4.92. The van der Waals surface area contributed by atoms with Gasteiger partial charge in [0.2, 0.25) is 0 Å². The zero-order valence-electron chi connectivity index (χ0n) is 11.8. The third-order valence-corrected chi connectivity index (χ3v) is 3.79. The van der Waals surface area contributed by atoms with Crippen molar-refractivity contribution in [3.05, 3.63) is 36.4 Å². The van der Waals surface area contributed by atoms with Gasteiger partial charge in [0.1, 0.15) is 11.5 Å². The second kappa shape index (κ2) is 5.54. The van der Waals surface area contributed by atoms with Crippen molar-refractivity contribution < 1.29 is 9.47 Å². The van der Waals surface area contributed by atoms with Gasteiger partial charge in [-0.15, -0.1) is 0 Å². The fourth-order valence-corrected chi connectivity index (χ4v) is 2.70. The molecule has 1 unspecified atom stereocenters. The van der Waals surface area contributed by atoms with E-state index in [0.29, 0.717) is 5.92 Å². The summed E-state index contributed by atoms with van der Waals surface area (Å²) in [6.07, 6.45) is 4.93. The normalized spacial score (nSPS) is 18.2. The Balaban J connectivity index is 2.02. The maximum Gasteiger partial charge on any atom is 0.146 e. The van der Waals surface area contributed by atoms with E-state index in [0.717, 1.165) is 36.7 Å². The fourth-order valence-electron chi connectivity index (χ4n) is 2.70. The lowest BCUT2D eigenvalue weighted by Crippen LogP contribution is -2.11. The number of hydrogen-bond acceptors (Lipinski definition) is 4. The minimum absolute atomic E-state index is 0.504. The number of ether oxygens (including phenoxy) is 2. The van der Waals surface area contributed by atoms with Gasteiger partial charge in [-0.2, -0.15) is 0 Å². The highest BCUT2D eigenvalue weighted by atomic mass is 16.5. The van der Waals surface area contributed by atoms with Gasteiger partial charge in [0.15, 0.2) is 0 Å². The van der Waals surface area contributed by atoms with Crippen LogP contribution in [0.2, 0.25) is 0 Å². The van der Waals surface area contributed by atoms with E-state index in [1.807, 2.05) is 30.7 Å². The van der Waals surface area contributed by atoms with Gasteiger partial charge in [-0.25, -0.2) is 4.98 Å². The first-order valence-corrected chi connectivity index (χ1v) is 6.79. The third-order valence-electron chi connectivity index (χ3n) is 3.79. The van der Waals surface area contributed by atoms with Crippen LogP contribution >= 0.6 is 0 Å². The first-order valence-electron chi connectivity index (χ1n) is 6.79. The molecule has 1 aliphatic rings. The fraction of sp³-hybridized carbons (Fsp3) is 0.400. The van der Waals surface area contributed by atoms with Gasteiger partial charge < -0.3 is 14.8 Å². The summed E-state index contributed by atoms with van der Waals surface area (Å²) < 4.78 is 12.8. The molecule has 5 heteroatoms. The van der Waals surface area contributed by atoms with Crippen LogP contribution in [0.1, 0.15) is 18.0 Å². The summed E-state index contributed by atoms with van der Waals surface area (Å²) in [6.45, 7) is 2.07. The maximum atomic E-state index is 5.49. The van der Waals surface area contributed by atoms with E-state index in [4.69, 9.17) is 9.47 Å². The van der Waals surface area contributed by atoms with Gasteiger partial charge >= 0.3 is 0 Å². The molecule has 0 radical (unpaired) electrons. The van der Waals surface area contributed by atoms with Gasteiger partial charge in [0.05, 0.1) is 26.2 Å². The average Bonchev–Trinajstić information content (AvgIpc) is 3.16. The molecule has 2 heterocycles. The standard InChI is InChI=1S/C15H19N3O2/c1-19-12-3-4-13(15(7-12)20-2)18-10-17-9-14(18)11-5-6-16-8-11/h3-4,7,9-11,16H,5-6,8H2,1-2H3. The van der Waals surface area contributed by atoms with Crippen LogP contribution in [-0.2, 0) is 0 Å². The van der Waals surface area contributed by atoms with E-state index < -0.39 is 0 Å². The highest BCUT2D eigenvalue weighted by Gasteiger charge is 2.21. The van der Waals surface area contributed by atoms with Gasteiger partial charge in [-0.3, -0.25) is 4.57 Å². The molecule has 1 aliphatic heterocycles. The zero-order valence-corrected chi connectivity index (χ0v) is 11.8. The lowest BCUT2D eigenvalue weighted by molar-refractivity contribution is 0.393. The van der Waals surface area contributed by atoms with Gasteiger partial charge in [0, 0.05) is 30.4 Å². The van der Waals surface area contributed by atoms with Crippen molar-refractivity contribution in [1.29, 1.82) is 0 Å². The van der Waals surface area contributed by atoms with Crippen LogP contribution in [0.15, 0.2) is 30.7 Å². The molecule has 0 amide bonds. The highest BCUT2D eigenvalue weighted by Crippen LogP contribution is 2.31. The molecule has 106 valence electrons. The molecule has 3 rings (SSSR count). The largest absolute Gasteiger partial charge is 0.497 e. The summed E-state index contributed by atoms with van der Waals surface area (Å²) in [7, 11) is 3.33. The number of nitrogens with one attached hydrogen (secondary N) is 1. The Morgan fingerprint density at radius 3 is 2.90 bits per heavy atom. The van der Waals surface area contributed by atoms with Crippen LogP contribution in [0.3, 0.4) is 0 Å². The van der Waals surface area contributed by atoms with E-state index in [1.54, 1.807) is 14.2 Å². The van der Waals surface area contributed by atoms with Crippen LogP contribution in [0.5, 0.6) is 11.5 Å². The van der Waals surface area contributed by atoms with Crippen molar-refractivity contribution in [3.63, 3.8) is 0 Å². The maximum absolute atomic E-state index is 5.49. The van der Waals surface area contributed by atoms with Crippen molar-refractivity contribution in [2.24, 2.45) is 0 Å². The number of nitrogens with zero attached hydrogens (tertiary/aromatic N) is 2. The average molecular weight is 273 g/mol. The molecule has 0 aliphatic carbocycles. The Bertz CT molecular complexity index is 589. The molecule has 0 spiro atoms. The van der Waals surface area contributed by atoms with Gasteiger partial charge in [-0.1, -0.05) is 0 Å². The molecular formula is C15H19N3O2. The quantitative estimate of drug-likeness (QED) is 0.925. The molecule has 1 fully saturated rings. The van der Waals surface area contributed by atoms with Crippen molar-refractivity contribution in [3.8, 4) is 17.2 Å². The Labute approximate surface area is 118 Å². The molecule has 1 N–H and O–H groups in total. The molecule has 5 nitrogen and oxygen atoms in total. The van der Waals surface area contributed by atoms with E-state index in [2.05, 4.69) is 14.9 Å². The predicted octanol–water partition coefficient (Wildman–Crippen LogP) is 1.97. The van der Waals surface area contributed by atoms with Crippen molar-refractivity contribution in [2.45, 2.75) is 12.3 Å². The topological polar surface area (TPSA) is 48.3 Å². The number of benzene rings is 1. The predicted molar refractivity (Wildman–Crippen MR) is 76.9 cm³/mol. The highest BCUT2D eigenvalue weighted by molar-refractivity contribution is 5.52. The minimum atomic E-state index is 0.504. The number of aromatic nitrogens is 2. The van der Waals surface area contributed by atoms with Crippen LogP contribution in [0, 0.1) is 0 Å². The number of hydrogen-bond donors (Lipinski definition) is 1. The Morgan fingerprint density at radius 2 is 2.20 bits per heavy atom. The smallest absolute Gasteiger partial charge is 0.146 e. The van der Waals surface area contributed by atoms with Gasteiger partial charge in [0.25, 0.3) is 0 Å². The summed E-state index contributed by atoms with van der Waals surface area (Å²) >= 11 is 0. The Morgan fingerprint density at radius 1 is 1.30 bits per heavy atom. The monoisotopic (exact) mass is 273 g/mol. The van der Waals surface area contributed by atoms with Crippen molar-refractivity contribution in [1.82, 2.24) is 14.9 Å². The summed E-state index contributed by atoms with van der Waals surface area (Å²) in [5, 5.41) is 3.39. The Hall–Kier alpha value is -2.01. The Kier molecular flexibility index (Phi) is 3.60. The SMILES string of the molecule is COc1ccc(-n2cncc2C2CCNC2)c(OC)c1. The molecule has 0 saturated carbocycles. The summed E-state index contributed by atoms with van der Waals surface area (Å²) in [4.78, 5) is 4.31. The van der Waals surface area contributed by atoms with E-state index in [9.17, 15) is 0 Å². The summed E-state index contributed by atoms with van der Waals surface area (Å²) in [6, 6.07) is 5.84. The first-order chi connectivity index (χ1) is 9.83. The minimum Gasteiger partial charge on any atom is -0.497 e. The van der Waals surface area contributed by atoms with Crippen LogP contribution in [0.4, 0.5) is 0 Å². The second-order valence-corrected chi connectivity index (χ2v) is 4.92. The van der Waals surface area contributed by atoms with Crippen molar-refractivity contribution >= 4 is 0 Å².